The SMILES string of the molecule is CCNC(=O)Cc1ccc(P(=O)(O)OC2CC3CCC(C2OC(C)=O)N3C)cc1. The van der Waals surface area contributed by atoms with E-state index in [-0.39, 0.29) is 29.7 Å². The van der Waals surface area contributed by atoms with Crippen LogP contribution >= 0.6 is 7.60 Å². The molecule has 29 heavy (non-hydrogen) atoms. The number of hydrogen-bond donors (Lipinski definition) is 2. The summed E-state index contributed by atoms with van der Waals surface area (Å²) in [5.74, 6) is -0.528. The van der Waals surface area contributed by atoms with E-state index < -0.39 is 25.8 Å². The van der Waals surface area contributed by atoms with Crippen molar-refractivity contribution in [1.29, 1.82) is 0 Å². The van der Waals surface area contributed by atoms with Crippen molar-refractivity contribution in [2.24, 2.45) is 0 Å². The molecule has 1 aromatic carbocycles. The quantitative estimate of drug-likeness (QED) is 0.503. The van der Waals surface area contributed by atoms with Crippen LogP contribution < -0.4 is 10.6 Å². The Morgan fingerprint density at radius 3 is 2.59 bits per heavy atom. The average Bonchev–Trinajstić information content (AvgIpc) is 2.89. The Bertz CT molecular complexity index is 799. The molecule has 2 fully saturated rings. The second-order valence-electron chi connectivity index (χ2n) is 7.73. The van der Waals surface area contributed by atoms with Crippen LogP contribution in [0.2, 0.25) is 0 Å². The summed E-state index contributed by atoms with van der Waals surface area (Å²) in [6.45, 7) is 3.74. The summed E-state index contributed by atoms with van der Waals surface area (Å²) in [5.41, 5.74) is 0.745. The molecule has 5 atom stereocenters. The highest BCUT2D eigenvalue weighted by Gasteiger charge is 2.49. The number of fused-ring (bicyclic) bond motifs is 2. The largest absolute Gasteiger partial charge is 0.458 e. The van der Waals surface area contributed by atoms with Gasteiger partial charge in [0, 0.05) is 25.6 Å². The number of ether oxygens (including phenoxy) is 1. The Morgan fingerprint density at radius 1 is 1.28 bits per heavy atom. The third-order valence-electron chi connectivity index (χ3n) is 5.73. The van der Waals surface area contributed by atoms with Gasteiger partial charge in [0.1, 0.15) is 12.2 Å². The molecule has 0 aliphatic carbocycles. The van der Waals surface area contributed by atoms with Crippen LogP contribution in [0, 0.1) is 0 Å². The minimum Gasteiger partial charge on any atom is -0.458 e. The first-order valence-electron chi connectivity index (χ1n) is 9.97. The van der Waals surface area contributed by atoms with Crippen molar-refractivity contribution < 1.29 is 28.3 Å². The molecule has 0 saturated carbocycles. The Kier molecular flexibility index (Phi) is 6.79. The lowest BCUT2D eigenvalue weighted by atomic mass is 9.97. The molecule has 160 valence electrons. The van der Waals surface area contributed by atoms with E-state index in [1.807, 2.05) is 14.0 Å². The van der Waals surface area contributed by atoms with Gasteiger partial charge in [0.05, 0.1) is 11.7 Å². The molecule has 2 saturated heterocycles. The topological polar surface area (TPSA) is 105 Å². The molecule has 2 aliphatic rings. The second-order valence-corrected chi connectivity index (χ2v) is 9.50. The van der Waals surface area contributed by atoms with Gasteiger partial charge in [0.15, 0.2) is 0 Å². The molecule has 2 heterocycles. The summed E-state index contributed by atoms with van der Waals surface area (Å²) < 4.78 is 24.2. The van der Waals surface area contributed by atoms with Crippen molar-refractivity contribution in [3.8, 4) is 0 Å². The number of esters is 1. The van der Waals surface area contributed by atoms with Gasteiger partial charge in [-0.05, 0) is 50.9 Å². The summed E-state index contributed by atoms with van der Waals surface area (Å²) in [6, 6.07) is 6.56. The van der Waals surface area contributed by atoms with E-state index in [0.29, 0.717) is 13.0 Å². The zero-order valence-corrected chi connectivity index (χ0v) is 17.9. The molecule has 5 unspecified atom stereocenters. The average molecular weight is 424 g/mol. The van der Waals surface area contributed by atoms with Crippen molar-refractivity contribution in [2.75, 3.05) is 13.6 Å². The molecule has 0 radical (unpaired) electrons. The third-order valence-corrected chi connectivity index (χ3v) is 7.23. The molecule has 2 N–H and O–H groups in total. The number of hydrogen-bond acceptors (Lipinski definition) is 6. The third kappa shape index (κ3) is 5.07. The van der Waals surface area contributed by atoms with Crippen molar-refractivity contribution >= 4 is 24.8 Å². The van der Waals surface area contributed by atoms with E-state index in [0.717, 1.165) is 18.4 Å². The van der Waals surface area contributed by atoms with Gasteiger partial charge in [0.25, 0.3) is 0 Å². The van der Waals surface area contributed by atoms with E-state index in [1.54, 1.807) is 12.1 Å². The molecule has 0 spiro atoms. The Labute approximate surface area is 171 Å². The molecular formula is C20H29N2O6P. The Hall–Kier alpha value is -1.73. The zero-order chi connectivity index (χ0) is 21.2. The highest BCUT2D eigenvalue weighted by atomic mass is 31.2. The predicted octanol–water partition coefficient (Wildman–Crippen LogP) is 1.36. The molecule has 0 aromatic heterocycles. The predicted molar refractivity (Wildman–Crippen MR) is 108 cm³/mol. The van der Waals surface area contributed by atoms with Gasteiger partial charge in [-0.3, -0.25) is 23.6 Å². The second kappa shape index (κ2) is 8.96. The summed E-state index contributed by atoms with van der Waals surface area (Å²) in [6.07, 6.45) is 1.33. The standard InChI is InChI=1S/C20H29N2O6P/c1-4-21-19(24)11-14-5-8-16(9-6-14)29(25,26)28-18-12-15-7-10-17(22(15)3)20(18)27-13(2)23/h5-6,8-9,15,17-18,20H,4,7,10-12H2,1-3H3,(H,21,24)(H,25,26). The van der Waals surface area contributed by atoms with Gasteiger partial charge in [-0.15, -0.1) is 0 Å². The lowest BCUT2D eigenvalue weighted by Crippen LogP contribution is -2.54. The summed E-state index contributed by atoms with van der Waals surface area (Å²) in [7, 11) is -2.13. The number of rotatable bonds is 7. The fourth-order valence-corrected chi connectivity index (χ4v) is 5.53. The van der Waals surface area contributed by atoms with Crippen LogP contribution in [0.25, 0.3) is 0 Å². The Morgan fingerprint density at radius 2 is 1.97 bits per heavy atom. The number of carbonyl (C=O) groups excluding carboxylic acids is 2. The minimum absolute atomic E-state index is 0.0119. The van der Waals surface area contributed by atoms with Crippen LogP contribution in [0.15, 0.2) is 24.3 Å². The normalized spacial score (nSPS) is 28.6. The van der Waals surface area contributed by atoms with E-state index in [2.05, 4.69) is 10.2 Å². The van der Waals surface area contributed by atoms with Crippen molar-refractivity contribution in [1.82, 2.24) is 10.2 Å². The van der Waals surface area contributed by atoms with E-state index in [1.165, 1.54) is 19.1 Å². The van der Waals surface area contributed by atoms with Crippen LogP contribution in [-0.4, -0.2) is 59.6 Å². The highest BCUT2D eigenvalue weighted by Crippen LogP contribution is 2.47. The summed E-state index contributed by atoms with van der Waals surface area (Å²) in [4.78, 5) is 36.1. The van der Waals surface area contributed by atoms with Crippen LogP contribution in [0.5, 0.6) is 0 Å². The zero-order valence-electron chi connectivity index (χ0n) is 17.0. The van der Waals surface area contributed by atoms with Gasteiger partial charge in [-0.25, -0.2) is 0 Å². The molecule has 1 aromatic rings. The maximum absolute atomic E-state index is 13.0. The minimum atomic E-state index is -4.12. The van der Waals surface area contributed by atoms with Crippen LogP contribution in [0.3, 0.4) is 0 Å². The maximum atomic E-state index is 13.0. The first kappa shape index (κ1) is 22.0. The molecule has 2 bridgehead atoms. The number of nitrogens with one attached hydrogen (secondary N) is 1. The number of benzene rings is 1. The monoisotopic (exact) mass is 424 g/mol. The van der Waals surface area contributed by atoms with Crippen molar-refractivity contribution in [3.05, 3.63) is 29.8 Å². The highest BCUT2D eigenvalue weighted by molar-refractivity contribution is 7.61. The van der Waals surface area contributed by atoms with E-state index >= 15 is 0 Å². The first-order chi connectivity index (χ1) is 13.7. The Balaban J connectivity index is 1.73. The number of nitrogens with zero attached hydrogens (tertiary/aromatic N) is 1. The molecule has 1 amide bonds. The lowest BCUT2D eigenvalue weighted by Gasteiger charge is -2.42. The van der Waals surface area contributed by atoms with Crippen LogP contribution in [-0.2, 0) is 29.8 Å². The summed E-state index contributed by atoms with van der Waals surface area (Å²) in [5, 5.41) is 2.88. The fourth-order valence-electron chi connectivity index (χ4n) is 4.31. The number of likely N-dealkylation sites (N-methyl/N-ethyl adjacent to an activating group) is 2. The molecule has 9 heteroatoms. The van der Waals surface area contributed by atoms with Gasteiger partial charge < -0.3 is 14.9 Å². The smallest absolute Gasteiger partial charge is 0.359 e. The van der Waals surface area contributed by atoms with Crippen molar-refractivity contribution in [2.45, 2.75) is 63.8 Å². The van der Waals surface area contributed by atoms with Gasteiger partial charge in [0.2, 0.25) is 5.91 Å². The molecule has 8 nitrogen and oxygen atoms in total. The number of carbonyl (C=O) groups is 2. The maximum Gasteiger partial charge on any atom is 0.359 e. The molecule has 3 rings (SSSR count). The molecular weight excluding hydrogens is 395 g/mol. The number of amides is 1. The van der Waals surface area contributed by atoms with Crippen LogP contribution in [0.1, 0.15) is 38.7 Å². The number of piperidine rings is 1. The van der Waals surface area contributed by atoms with Crippen molar-refractivity contribution in [3.63, 3.8) is 0 Å². The van der Waals surface area contributed by atoms with Gasteiger partial charge in [-0.2, -0.15) is 0 Å². The summed E-state index contributed by atoms with van der Waals surface area (Å²) >= 11 is 0. The van der Waals surface area contributed by atoms with Crippen LogP contribution in [0.4, 0.5) is 0 Å². The first-order valence-corrected chi connectivity index (χ1v) is 11.6. The molecule has 2 aliphatic heterocycles. The fraction of sp³-hybridized carbons (Fsp3) is 0.600. The van der Waals surface area contributed by atoms with Gasteiger partial charge >= 0.3 is 13.6 Å². The lowest BCUT2D eigenvalue weighted by molar-refractivity contribution is -0.160. The van der Waals surface area contributed by atoms with E-state index in [9.17, 15) is 19.0 Å². The van der Waals surface area contributed by atoms with Gasteiger partial charge in [-0.1, -0.05) is 12.1 Å². The van der Waals surface area contributed by atoms with E-state index in [4.69, 9.17) is 9.26 Å².